The smallest absolute Gasteiger partial charge is 0.191 e. The second-order valence-corrected chi connectivity index (χ2v) is 6.14. The maximum Gasteiger partial charge on any atom is 0.191 e. The molecule has 0 saturated heterocycles. The third-order valence-corrected chi connectivity index (χ3v) is 2.95. The Hall–Kier alpha value is -0.860. The lowest BCUT2D eigenvalue weighted by molar-refractivity contribution is 0.125. The van der Waals surface area contributed by atoms with Crippen LogP contribution in [-0.4, -0.2) is 44.8 Å². The summed E-state index contributed by atoms with van der Waals surface area (Å²) >= 11 is 0. The van der Waals surface area contributed by atoms with Gasteiger partial charge in [0.1, 0.15) is 0 Å². The topological polar surface area (TPSA) is 57.7 Å². The zero-order valence-corrected chi connectivity index (χ0v) is 17.0. The van der Waals surface area contributed by atoms with E-state index < -0.39 is 0 Å². The highest BCUT2D eigenvalue weighted by Crippen LogP contribution is 1.99. The first-order chi connectivity index (χ1) is 10.5. The van der Waals surface area contributed by atoms with Crippen molar-refractivity contribution < 1.29 is 4.74 Å². The fourth-order valence-electron chi connectivity index (χ4n) is 1.84. The van der Waals surface area contributed by atoms with E-state index in [4.69, 9.17) is 4.74 Å². The predicted molar refractivity (Wildman–Crippen MR) is 109 cm³/mol. The Labute approximate surface area is 157 Å². The van der Waals surface area contributed by atoms with Crippen LogP contribution in [0.3, 0.4) is 0 Å². The van der Waals surface area contributed by atoms with Crippen molar-refractivity contribution in [2.45, 2.75) is 32.9 Å². The van der Waals surface area contributed by atoms with Gasteiger partial charge in [-0.2, -0.15) is 0 Å². The standard InChI is InChI=1S/C17H30N4O.HI/c1-17(2,3)21-11-10-19-16(18-4)20-12-13-22-14-15-8-6-5-7-9-15;/h5-9,21H,10-14H2,1-4H3,(H2,18,19,20);1H. The molecule has 1 aromatic rings. The quantitative estimate of drug-likeness (QED) is 0.255. The van der Waals surface area contributed by atoms with Crippen LogP contribution in [0.25, 0.3) is 0 Å². The van der Waals surface area contributed by atoms with E-state index in [1.54, 1.807) is 7.05 Å². The average Bonchev–Trinajstić information content (AvgIpc) is 2.49. The van der Waals surface area contributed by atoms with Gasteiger partial charge in [0.25, 0.3) is 0 Å². The molecule has 5 nitrogen and oxygen atoms in total. The van der Waals surface area contributed by atoms with E-state index >= 15 is 0 Å². The highest BCUT2D eigenvalue weighted by atomic mass is 127. The Morgan fingerprint density at radius 1 is 1.04 bits per heavy atom. The van der Waals surface area contributed by atoms with Gasteiger partial charge in [-0.3, -0.25) is 4.99 Å². The minimum atomic E-state index is 0. The Balaban J connectivity index is 0.00000484. The molecular weight excluding hydrogens is 403 g/mol. The molecule has 6 heteroatoms. The molecule has 0 heterocycles. The average molecular weight is 434 g/mol. The van der Waals surface area contributed by atoms with E-state index in [1.807, 2.05) is 18.2 Å². The molecule has 0 atom stereocenters. The van der Waals surface area contributed by atoms with Crippen molar-refractivity contribution in [3.63, 3.8) is 0 Å². The van der Waals surface area contributed by atoms with E-state index in [0.717, 1.165) is 25.6 Å². The first-order valence-corrected chi connectivity index (χ1v) is 7.82. The van der Waals surface area contributed by atoms with Gasteiger partial charge >= 0.3 is 0 Å². The van der Waals surface area contributed by atoms with Crippen LogP contribution >= 0.6 is 24.0 Å². The van der Waals surface area contributed by atoms with Crippen LogP contribution in [-0.2, 0) is 11.3 Å². The molecule has 0 saturated carbocycles. The zero-order valence-electron chi connectivity index (χ0n) is 14.7. The lowest BCUT2D eigenvalue weighted by Crippen LogP contribution is -2.45. The highest BCUT2D eigenvalue weighted by Gasteiger charge is 2.07. The van der Waals surface area contributed by atoms with Crippen molar-refractivity contribution in [1.82, 2.24) is 16.0 Å². The summed E-state index contributed by atoms with van der Waals surface area (Å²) < 4.78 is 5.63. The van der Waals surface area contributed by atoms with Crippen LogP contribution in [0, 0.1) is 0 Å². The van der Waals surface area contributed by atoms with Gasteiger partial charge in [0.05, 0.1) is 13.2 Å². The number of halogens is 1. The predicted octanol–water partition coefficient (Wildman–Crippen LogP) is 2.37. The molecule has 132 valence electrons. The van der Waals surface area contributed by atoms with Gasteiger partial charge in [-0.15, -0.1) is 24.0 Å². The van der Waals surface area contributed by atoms with Crippen LogP contribution in [0.15, 0.2) is 35.3 Å². The third-order valence-electron chi connectivity index (χ3n) is 2.95. The molecule has 0 unspecified atom stereocenters. The highest BCUT2D eigenvalue weighted by molar-refractivity contribution is 14.0. The molecule has 1 rings (SSSR count). The molecule has 0 aliphatic heterocycles. The Morgan fingerprint density at radius 2 is 1.70 bits per heavy atom. The molecule has 0 bridgehead atoms. The van der Waals surface area contributed by atoms with Gasteiger partial charge in [0, 0.05) is 32.2 Å². The van der Waals surface area contributed by atoms with Crippen LogP contribution in [0.1, 0.15) is 26.3 Å². The third kappa shape index (κ3) is 12.3. The SMILES string of the molecule is CN=C(NCCNC(C)(C)C)NCCOCc1ccccc1.I. The first kappa shape index (κ1) is 22.1. The summed E-state index contributed by atoms with van der Waals surface area (Å²) in [6.07, 6.45) is 0. The van der Waals surface area contributed by atoms with E-state index in [9.17, 15) is 0 Å². The molecule has 0 amide bonds. The molecule has 1 aromatic carbocycles. The van der Waals surface area contributed by atoms with Crippen molar-refractivity contribution in [3.05, 3.63) is 35.9 Å². The summed E-state index contributed by atoms with van der Waals surface area (Å²) in [6.45, 7) is 10.2. The van der Waals surface area contributed by atoms with Gasteiger partial charge in [-0.05, 0) is 26.3 Å². The van der Waals surface area contributed by atoms with Gasteiger partial charge in [0.15, 0.2) is 5.96 Å². The number of guanidine groups is 1. The number of nitrogens with zero attached hydrogens (tertiary/aromatic N) is 1. The maximum absolute atomic E-state index is 5.63. The fourth-order valence-corrected chi connectivity index (χ4v) is 1.84. The minimum Gasteiger partial charge on any atom is -0.375 e. The molecule has 0 aliphatic carbocycles. The van der Waals surface area contributed by atoms with E-state index in [0.29, 0.717) is 13.2 Å². The summed E-state index contributed by atoms with van der Waals surface area (Å²) in [4.78, 5) is 4.19. The molecule has 23 heavy (non-hydrogen) atoms. The van der Waals surface area contributed by atoms with E-state index in [1.165, 1.54) is 5.56 Å². The van der Waals surface area contributed by atoms with Crippen LogP contribution in [0.5, 0.6) is 0 Å². The number of benzene rings is 1. The van der Waals surface area contributed by atoms with Crippen LogP contribution < -0.4 is 16.0 Å². The lowest BCUT2D eigenvalue weighted by atomic mass is 10.1. The van der Waals surface area contributed by atoms with Crippen molar-refractivity contribution in [1.29, 1.82) is 0 Å². The Kier molecular flexibility index (Phi) is 12.1. The summed E-state index contributed by atoms with van der Waals surface area (Å²) in [7, 11) is 1.78. The number of rotatable bonds is 8. The molecule has 0 aliphatic rings. The summed E-state index contributed by atoms with van der Waals surface area (Å²) in [5.74, 6) is 0.805. The number of aliphatic imine (C=N–C) groups is 1. The van der Waals surface area contributed by atoms with E-state index in [-0.39, 0.29) is 29.5 Å². The van der Waals surface area contributed by atoms with Crippen molar-refractivity contribution in [2.24, 2.45) is 4.99 Å². The van der Waals surface area contributed by atoms with Gasteiger partial charge in [-0.25, -0.2) is 0 Å². The number of ether oxygens (including phenoxy) is 1. The normalized spacial score (nSPS) is 11.7. The van der Waals surface area contributed by atoms with Crippen molar-refractivity contribution in [3.8, 4) is 0 Å². The van der Waals surface area contributed by atoms with Crippen molar-refractivity contribution in [2.75, 3.05) is 33.3 Å². The minimum absolute atomic E-state index is 0. The molecule has 0 aromatic heterocycles. The first-order valence-electron chi connectivity index (χ1n) is 7.82. The monoisotopic (exact) mass is 434 g/mol. The number of nitrogens with one attached hydrogen (secondary N) is 3. The molecular formula is C17H31IN4O. The largest absolute Gasteiger partial charge is 0.375 e. The summed E-state index contributed by atoms with van der Waals surface area (Å²) in [5, 5.41) is 9.94. The lowest BCUT2D eigenvalue weighted by Gasteiger charge is -2.21. The van der Waals surface area contributed by atoms with Gasteiger partial charge in [0.2, 0.25) is 0 Å². The van der Waals surface area contributed by atoms with Gasteiger partial charge in [-0.1, -0.05) is 30.3 Å². The molecule has 0 radical (unpaired) electrons. The van der Waals surface area contributed by atoms with E-state index in [2.05, 4.69) is 53.8 Å². The summed E-state index contributed by atoms with van der Waals surface area (Å²) in [5.41, 5.74) is 1.34. The molecule has 0 fully saturated rings. The number of hydrogen-bond acceptors (Lipinski definition) is 3. The number of hydrogen-bond donors (Lipinski definition) is 3. The van der Waals surface area contributed by atoms with Crippen LogP contribution in [0.2, 0.25) is 0 Å². The van der Waals surface area contributed by atoms with Gasteiger partial charge < -0.3 is 20.7 Å². The van der Waals surface area contributed by atoms with Crippen LogP contribution in [0.4, 0.5) is 0 Å². The maximum atomic E-state index is 5.63. The fraction of sp³-hybridized carbons (Fsp3) is 0.588. The summed E-state index contributed by atoms with van der Waals surface area (Å²) in [6, 6.07) is 10.2. The molecule has 0 spiro atoms. The molecule has 3 N–H and O–H groups in total. The second kappa shape index (κ2) is 12.5. The zero-order chi connectivity index (χ0) is 16.3. The Bertz CT molecular complexity index is 432. The Morgan fingerprint density at radius 3 is 2.30 bits per heavy atom. The van der Waals surface area contributed by atoms with Crippen molar-refractivity contribution >= 4 is 29.9 Å². The second-order valence-electron chi connectivity index (χ2n) is 6.14.